The molecule has 7 heteroatoms. The van der Waals surface area contributed by atoms with Crippen molar-refractivity contribution in [1.29, 1.82) is 0 Å². The molecule has 0 spiro atoms. The van der Waals surface area contributed by atoms with Crippen molar-refractivity contribution in [2.75, 3.05) is 26.1 Å². The number of anilines is 1. The van der Waals surface area contributed by atoms with Gasteiger partial charge in [0, 0.05) is 0 Å². The number of nitrogens with one attached hydrogen (secondary N) is 1. The number of esters is 2. The van der Waals surface area contributed by atoms with Gasteiger partial charge in [0.1, 0.15) is 0 Å². The van der Waals surface area contributed by atoms with E-state index in [4.69, 9.17) is 4.74 Å². The van der Waals surface area contributed by atoms with Gasteiger partial charge < -0.3 is 14.2 Å². The lowest BCUT2D eigenvalue weighted by Crippen LogP contribution is -2.17. The second-order valence-electron chi connectivity index (χ2n) is 4.00. The van der Waals surface area contributed by atoms with Crippen molar-refractivity contribution in [3.8, 4) is 0 Å². The molecule has 0 aromatic heterocycles. The van der Waals surface area contributed by atoms with Crippen molar-refractivity contribution in [2.45, 2.75) is 13.3 Å². The Morgan fingerprint density at radius 1 is 1.10 bits per heavy atom. The first-order valence-electron chi connectivity index (χ1n) is 6.28. The van der Waals surface area contributed by atoms with Crippen LogP contribution in [0, 0.1) is 0 Å². The summed E-state index contributed by atoms with van der Waals surface area (Å²) in [5, 5.41) is 2.41. The Morgan fingerprint density at radius 2 is 1.76 bits per heavy atom. The maximum absolute atomic E-state index is 11.6. The first kappa shape index (κ1) is 16.5. The van der Waals surface area contributed by atoms with E-state index in [-0.39, 0.29) is 23.4 Å². The molecule has 1 aromatic carbocycles. The minimum absolute atomic E-state index is 0.110. The third-order valence-corrected chi connectivity index (χ3v) is 2.52. The molecule has 1 N–H and O–H groups in total. The zero-order valence-corrected chi connectivity index (χ0v) is 12.1. The van der Waals surface area contributed by atoms with Gasteiger partial charge in [-0.15, -0.1) is 0 Å². The van der Waals surface area contributed by atoms with Gasteiger partial charge in [-0.05, 0) is 24.6 Å². The highest BCUT2D eigenvalue weighted by Gasteiger charge is 2.17. The van der Waals surface area contributed by atoms with Crippen LogP contribution in [0.1, 0.15) is 34.1 Å². The normalized spacial score (nSPS) is 9.67. The molecule has 0 fully saturated rings. The number of benzene rings is 1. The van der Waals surface area contributed by atoms with Gasteiger partial charge in [0.05, 0.1) is 37.6 Å². The van der Waals surface area contributed by atoms with Crippen molar-refractivity contribution in [3.05, 3.63) is 29.3 Å². The van der Waals surface area contributed by atoms with Crippen molar-refractivity contribution >= 4 is 23.7 Å². The van der Waals surface area contributed by atoms with Gasteiger partial charge in [-0.3, -0.25) is 5.32 Å². The van der Waals surface area contributed by atoms with Crippen LogP contribution < -0.4 is 5.32 Å². The molecular formula is C14H17NO6. The van der Waals surface area contributed by atoms with Gasteiger partial charge >= 0.3 is 18.0 Å². The Balaban J connectivity index is 3.07. The third-order valence-electron chi connectivity index (χ3n) is 2.52. The van der Waals surface area contributed by atoms with Crippen molar-refractivity contribution < 1.29 is 28.6 Å². The van der Waals surface area contributed by atoms with Gasteiger partial charge in [0.25, 0.3) is 0 Å². The van der Waals surface area contributed by atoms with E-state index in [0.29, 0.717) is 6.42 Å². The molecule has 1 amide bonds. The number of carbonyl (C=O) groups excluding carboxylic acids is 3. The monoisotopic (exact) mass is 295 g/mol. The number of amides is 1. The molecule has 0 radical (unpaired) electrons. The zero-order chi connectivity index (χ0) is 15.8. The minimum atomic E-state index is -0.719. The average molecular weight is 295 g/mol. The summed E-state index contributed by atoms with van der Waals surface area (Å²) in [6.45, 7) is 2.10. The second-order valence-corrected chi connectivity index (χ2v) is 4.00. The topological polar surface area (TPSA) is 90.9 Å². The van der Waals surface area contributed by atoms with Gasteiger partial charge in [0.15, 0.2) is 0 Å². The fourth-order valence-corrected chi connectivity index (χ4v) is 1.52. The maximum atomic E-state index is 11.6. The molecule has 0 aliphatic carbocycles. The van der Waals surface area contributed by atoms with E-state index in [1.165, 1.54) is 32.4 Å². The number of carbonyl (C=O) groups is 3. The lowest BCUT2D eigenvalue weighted by molar-refractivity contribution is 0.0587. The first-order chi connectivity index (χ1) is 10.0. The van der Waals surface area contributed by atoms with E-state index in [1.54, 1.807) is 0 Å². The number of ether oxygens (including phenoxy) is 3. The van der Waals surface area contributed by atoms with E-state index in [1.807, 2.05) is 6.92 Å². The van der Waals surface area contributed by atoms with E-state index in [0.717, 1.165) is 0 Å². The van der Waals surface area contributed by atoms with E-state index in [2.05, 4.69) is 14.8 Å². The van der Waals surface area contributed by atoms with Crippen LogP contribution in [0.2, 0.25) is 0 Å². The molecule has 21 heavy (non-hydrogen) atoms. The molecule has 0 saturated heterocycles. The summed E-state index contributed by atoms with van der Waals surface area (Å²) in [4.78, 5) is 34.7. The largest absolute Gasteiger partial charge is 0.465 e. The summed E-state index contributed by atoms with van der Waals surface area (Å²) in [5.74, 6) is -1.23. The lowest BCUT2D eigenvalue weighted by Gasteiger charge is -2.11. The fourth-order valence-electron chi connectivity index (χ4n) is 1.52. The summed E-state index contributed by atoms with van der Waals surface area (Å²) in [6, 6.07) is 4.10. The van der Waals surface area contributed by atoms with E-state index in [9.17, 15) is 14.4 Å². The molecule has 0 bridgehead atoms. The molecule has 0 heterocycles. The highest BCUT2D eigenvalue weighted by molar-refractivity contribution is 6.02. The predicted molar refractivity (Wildman–Crippen MR) is 74.4 cm³/mol. The Hall–Kier alpha value is -2.57. The first-order valence-corrected chi connectivity index (χ1v) is 6.28. The van der Waals surface area contributed by atoms with Crippen molar-refractivity contribution in [2.24, 2.45) is 0 Å². The minimum Gasteiger partial charge on any atom is -0.465 e. The molecule has 0 atom stereocenters. The molecule has 1 rings (SSSR count). The number of methoxy groups -OCH3 is 2. The number of rotatable bonds is 5. The molecule has 1 aromatic rings. The zero-order valence-electron chi connectivity index (χ0n) is 12.1. The molecule has 0 saturated carbocycles. The Kier molecular flexibility index (Phi) is 6.19. The van der Waals surface area contributed by atoms with Gasteiger partial charge in [-0.1, -0.05) is 6.92 Å². The average Bonchev–Trinajstić information content (AvgIpc) is 2.51. The third kappa shape index (κ3) is 4.48. The smallest absolute Gasteiger partial charge is 0.411 e. The van der Waals surface area contributed by atoms with Crippen molar-refractivity contribution in [1.82, 2.24) is 0 Å². The number of hydrogen-bond acceptors (Lipinski definition) is 6. The number of hydrogen-bond donors (Lipinski definition) is 1. The van der Waals surface area contributed by atoms with Gasteiger partial charge in [-0.2, -0.15) is 0 Å². The molecule has 0 aliphatic heterocycles. The van der Waals surface area contributed by atoms with Crippen LogP contribution in [-0.4, -0.2) is 38.9 Å². The SMILES string of the molecule is CCCOC(=O)Nc1cc(C(=O)OC)ccc1C(=O)OC. The van der Waals surface area contributed by atoms with Crippen LogP contribution in [0.25, 0.3) is 0 Å². The van der Waals surface area contributed by atoms with Crippen molar-refractivity contribution in [3.63, 3.8) is 0 Å². The van der Waals surface area contributed by atoms with Crippen LogP contribution in [0.15, 0.2) is 18.2 Å². The lowest BCUT2D eigenvalue weighted by atomic mass is 10.1. The van der Waals surface area contributed by atoms with E-state index < -0.39 is 18.0 Å². The van der Waals surface area contributed by atoms with Crippen LogP contribution >= 0.6 is 0 Å². The van der Waals surface area contributed by atoms with Crippen LogP contribution in [0.5, 0.6) is 0 Å². The molecule has 7 nitrogen and oxygen atoms in total. The quantitative estimate of drug-likeness (QED) is 0.661. The van der Waals surface area contributed by atoms with Crippen LogP contribution in [0.3, 0.4) is 0 Å². The molecule has 0 unspecified atom stereocenters. The maximum Gasteiger partial charge on any atom is 0.411 e. The summed E-state index contributed by atoms with van der Waals surface area (Å²) in [6.07, 6.45) is -0.0524. The molecule has 0 aliphatic rings. The Morgan fingerprint density at radius 3 is 2.33 bits per heavy atom. The highest BCUT2D eigenvalue weighted by atomic mass is 16.5. The predicted octanol–water partition coefficient (Wildman–Crippen LogP) is 2.22. The Labute approximate surface area is 122 Å². The van der Waals surface area contributed by atoms with E-state index >= 15 is 0 Å². The summed E-state index contributed by atoms with van der Waals surface area (Å²) in [5.41, 5.74) is 0.417. The molecule has 114 valence electrons. The summed E-state index contributed by atoms with van der Waals surface area (Å²) < 4.78 is 14.1. The molecular weight excluding hydrogens is 278 g/mol. The summed E-state index contributed by atoms with van der Waals surface area (Å²) >= 11 is 0. The summed E-state index contributed by atoms with van der Waals surface area (Å²) in [7, 11) is 2.45. The second kappa shape index (κ2) is 7.88. The standard InChI is InChI=1S/C14H17NO6/c1-4-7-21-14(18)15-11-8-9(12(16)19-2)5-6-10(11)13(17)20-3/h5-6,8H,4,7H2,1-3H3,(H,15,18). The Bertz CT molecular complexity index is 540. The van der Waals surface area contributed by atoms with Gasteiger partial charge in [-0.25, -0.2) is 14.4 Å². The van der Waals surface area contributed by atoms with Gasteiger partial charge in [0.2, 0.25) is 0 Å². The van der Waals surface area contributed by atoms with Crippen LogP contribution in [-0.2, 0) is 14.2 Å². The highest BCUT2D eigenvalue weighted by Crippen LogP contribution is 2.20. The fraction of sp³-hybridized carbons (Fsp3) is 0.357. The van der Waals surface area contributed by atoms with Crippen LogP contribution in [0.4, 0.5) is 10.5 Å².